The number of nitro benzene ring substituents is 1. The van der Waals surface area contributed by atoms with Crippen molar-refractivity contribution in [3.05, 3.63) is 39.7 Å². The molecule has 1 atom stereocenters. The highest BCUT2D eigenvalue weighted by Gasteiger charge is 2.37. The van der Waals surface area contributed by atoms with Crippen molar-refractivity contribution in [3.63, 3.8) is 0 Å². The summed E-state index contributed by atoms with van der Waals surface area (Å²) in [5, 5.41) is 14.6. The zero-order chi connectivity index (χ0) is 14.8. The summed E-state index contributed by atoms with van der Waals surface area (Å²) in [7, 11) is 0. The number of nitrogens with zero attached hydrogens (tertiary/aromatic N) is 2. The third-order valence-electron chi connectivity index (χ3n) is 4.65. The van der Waals surface area contributed by atoms with Crippen LogP contribution < -0.4 is 5.32 Å². The maximum atomic E-state index is 13.4. The number of benzene rings is 1. The maximum absolute atomic E-state index is 13.4. The molecule has 2 fully saturated rings. The predicted molar refractivity (Wildman–Crippen MR) is 77.6 cm³/mol. The molecule has 1 aromatic rings. The molecular formula is C15H20FN3O2. The topological polar surface area (TPSA) is 58.4 Å². The van der Waals surface area contributed by atoms with E-state index in [1.165, 1.54) is 12.5 Å². The van der Waals surface area contributed by atoms with Crippen LogP contribution in [-0.4, -0.2) is 36.0 Å². The molecule has 21 heavy (non-hydrogen) atoms. The van der Waals surface area contributed by atoms with E-state index in [4.69, 9.17) is 0 Å². The summed E-state index contributed by atoms with van der Waals surface area (Å²) >= 11 is 0. The SMILES string of the molecule is O=[N+]([O-])c1cc(F)ccc1[C@H](C1CCC1)N1CCNCC1. The van der Waals surface area contributed by atoms with Gasteiger partial charge >= 0.3 is 0 Å². The van der Waals surface area contributed by atoms with Crippen molar-refractivity contribution in [2.24, 2.45) is 5.92 Å². The molecule has 1 aliphatic heterocycles. The molecule has 0 spiro atoms. The van der Waals surface area contributed by atoms with Crippen LogP contribution in [-0.2, 0) is 0 Å². The van der Waals surface area contributed by atoms with Crippen molar-refractivity contribution >= 4 is 5.69 Å². The highest BCUT2D eigenvalue weighted by molar-refractivity contribution is 5.43. The van der Waals surface area contributed by atoms with E-state index in [1.807, 2.05) is 0 Å². The van der Waals surface area contributed by atoms with E-state index in [-0.39, 0.29) is 11.7 Å². The predicted octanol–water partition coefficient (Wildman–Crippen LogP) is 2.48. The Kier molecular flexibility index (Phi) is 4.17. The summed E-state index contributed by atoms with van der Waals surface area (Å²) in [6.45, 7) is 3.57. The van der Waals surface area contributed by atoms with Crippen LogP contribution in [0.2, 0.25) is 0 Å². The van der Waals surface area contributed by atoms with Crippen molar-refractivity contribution in [2.75, 3.05) is 26.2 Å². The van der Waals surface area contributed by atoms with E-state index in [1.54, 1.807) is 6.07 Å². The van der Waals surface area contributed by atoms with Crippen molar-refractivity contribution in [1.29, 1.82) is 0 Å². The zero-order valence-electron chi connectivity index (χ0n) is 11.9. The Morgan fingerprint density at radius 3 is 2.62 bits per heavy atom. The molecule has 114 valence electrons. The van der Waals surface area contributed by atoms with Crippen molar-refractivity contribution in [2.45, 2.75) is 25.3 Å². The average Bonchev–Trinajstić information content (AvgIpc) is 2.44. The van der Waals surface area contributed by atoms with Crippen LogP contribution in [0.25, 0.3) is 0 Å². The summed E-state index contributed by atoms with van der Waals surface area (Å²) in [5.41, 5.74) is 0.596. The van der Waals surface area contributed by atoms with Gasteiger partial charge < -0.3 is 5.32 Å². The van der Waals surface area contributed by atoms with Gasteiger partial charge in [0.2, 0.25) is 0 Å². The standard InChI is InChI=1S/C15H20FN3O2/c16-12-4-5-13(14(10-12)19(20)21)15(11-2-1-3-11)18-8-6-17-7-9-18/h4-5,10-11,15,17H,1-3,6-9H2/t15-/m0/s1. The first-order valence-electron chi connectivity index (χ1n) is 7.55. The van der Waals surface area contributed by atoms with Crippen LogP contribution in [0, 0.1) is 21.8 Å². The monoisotopic (exact) mass is 293 g/mol. The molecule has 1 aromatic carbocycles. The first kappa shape index (κ1) is 14.4. The average molecular weight is 293 g/mol. The molecule has 5 nitrogen and oxygen atoms in total. The summed E-state index contributed by atoms with van der Waals surface area (Å²) in [4.78, 5) is 13.2. The fourth-order valence-corrected chi connectivity index (χ4v) is 3.39. The lowest BCUT2D eigenvalue weighted by Crippen LogP contribution is -2.48. The van der Waals surface area contributed by atoms with E-state index in [0.29, 0.717) is 11.5 Å². The molecule has 1 N–H and O–H groups in total. The Balaban J connectivity index is 1.97. The lowest BCUT2D eigenvalue weighted by atomic mass is 9.76. The van der Waals surface area contributed by atoms with E-state index >= 15 is 0 Å². The van der Waals surface area contributed by atoms with Gasteiger partial charge in [-0.15, -0.1) is 0 Å². The molecule has 6 heteroatoms. The maximum Gasteiger partial charge on any atom is 0.277 e. The van der Waals surface area contributed by atoms with Crippen molar-refractivity contribution in [3.8, 4) is 0 Å². The number of hydrogen-bond acceptors (Lipinski definition) is 4. The largest absolute Gasteiger partial charge is 0.314 e. The van der Waals surface area contributed by atoms with Crippen LogP contribution in [0.1, 0.15) is 30.9 Å². The van der Waals surface area contributed by atoms with Gasteiger partial charge in [-0.3, -0.25) is 15.0 Å². The molecule has 0 aromatic heterocycles. The molecule has 0 bridgehead atoms. The first-order valence-corrected chi connectivity index (χ1v) is 7.55. The van der Waals surface area contributed by atoms with Crippen LogP contribution in [0.15, 0.2) is 18.2 Å². The molecule has 3 rings (SSSR count). The van der Waals surface area contributed by atoms with E-state index in [9.17, 15) is 14.5 Å². The van der Waals surface area contributed by atoms with E-state index in [2.05, 4.69) is 10.2 Å². The molecule has 2 aliphatic rings. The number of piperazine rings is 1. The minimum Gasteiger partial charge on any atom is -0.314 e. The Hall–Kier alpha value is -1.53. The van der Waals surface area contributed by atoms with Gasteiger partial charge in [0.1, 0.15) is 5.82 Å². The van der Waals surface area contributed by atoms with Crippen molar-refractivity contribution in [1.82, 2.24) is 10.2 Å². The second-order valence-electron chi connectivity index (χ2n) is 5.88. The zero-order valence-corrected chi connectivity index (χ0v) is 11.9. The van der Waals surface area contributed by atoms with Gasteiger partial charge in [0, 0.05) is 37.8 Å². The van der Waals surface area contributed by atoms with Crippen LogP contribution >= 0.6 is 0 Å². The van der Waals surface area contributed by atoms with Gasteiger partial charge in [-0.2, -0.15) is 0 Å². The molecule has 0 radical (unpaired) electrons. The molecule has 0 unspecified atom stereocenters. The number of halogens is 1. The number of hydrogen-bond donors (Lipinski definition) is 1. The first-order chi connectivity index (χ1) is 10.2. The third kappa shape index (κ3) is 2.91. The van der Waals surface area contributed by atoms with E-state index in [0.717, 1.165) is 45.1 Å². The quantitative estimate of drug-likeness (QED) is 0.684. The highest BCUT2D eigenvalue weighted by atomic mass is 19.1. The fourth-order valence-electron chi connectivity index (χ4n) is 3.39. The Morgan fingerprint density at radius 2 is 2.05 bits per heavy atom. The smallest absolute Gasteiger partial charge is 0.277 e. The van der Waals surface area contributed by atoms with E-state index < -0.39 is 10.7 Å². The molecule has 1 heterocycles. The highest BCUT2D eigenvalue weighted by Crippen LogP contribution is 2.44. The minimum absolute atomic E-state index is 0.0434. The van der Waals surface area contributed by atoms with Gasteiger partial charge in [-0.25, -0.2) is 4.39 Å². The molecule has 1 saturated carbocycles. The summed E-state index contributed by atoms with van der Waals surface area (Å²) in [5.74, 6) is -0.0922. The number of nitrogens with one attached hydrogen (secondary N) is 1. The minimum atomic E-state index is -0.543. The molecule has 1 aliphatic carbocycles. The second-order valence-corrected chi connectivity index (χ2v) is 5.88. The summed E-state index contributed by atoms with van der Waals surface area (Å²) in [6, 6.07) is 4.06. The second kappa shape index (κ2) is 6.07. The van der Waals surface area contributed by atoms with Gasteiger partial charge in [0.15, 0.2) is 0 Å². The van der Waals surface area contributed by atoms with Crippen molar-refractivity contribution < 1.29 is 9.31 Å². The Bertz CT molecular complexity index is 528. The number of rotatable bonds is 4. The molecular weight excluding hydrogens is 273 g/mol. The lowest BCUT2D eigenvalue weighted by Gasteiger charge is -2.43. The summed E-state index contributed by atoms with van der Waals surface area (Å²) < 4.78 is 13.4. The Labute approximate surface area is 123 Å². The Morgan fingerprint density at radius 1 is 1.33 bits per heavy atom. The van der Waals surface area contributed by atoms with Gasteiger partial charge in [0.05, 0.1) is 11.0 Å². The summed E-state index contributed by atoms with van der Waals surface area (Å²) in [6.07, 6.45) is 3.38. The fraction of sp³-hybridized carbons (Fsp3) is 0.600. The van der Waals surface area contributed by atoms with Gasteiger partial charge in [-0.1, -0.05) is 6.42 Å². The van der Waals surface area contributed by atoms with Gasteiger partial charge in [0.25, 0.3) is 5.69 Å². The molecule has 1 saturated heterocycles. The van der Waals surface area contributed by atoms with Crippen LogP contribution in [0.3, 0.4) is 0 Å². The van der Waals surface area contributed by atoms with Crippen LogP contribution in [0.4, 0.5) is 10.1 Å². The number of nitro groups is 1. The third-order valence-corrected chi connectivity index (χ3v) is 4.65. The van der Waals surface area contributed by atoms with Gasteiger partial charge in [-0.05, 0) is 30.9 Å². The normalized spacial score (nSPS) is 21.8. The molecule has 0 amide bonds. The van der Waals surface area contributed by atoms with Crippen LogP contribution in [0.5, 0.6) is 0 Å². The lowest BCUT2D eigenvalue weighted by molar-refractivity contribution is -0.386.